The van der Waals surface area contributed by atoms with E-state index in [4.69, 9.17) is 5.73 Å². The predicted octanol–water partition coefficient (Wildman–Crippen LogP) is 1.68. The Hall–Kier alpha value is -0.250. The van der Waals surface area contributed by atoms with Crippen LogP contribution in [0.2, 0.25) is 0 Å². The molecule has 1 heterocycles. The molecule has 0 aliphatic carbocycles. The van der Waals surface area contributed by atoms with Gasteiger partial charge < -0.3 is 5.73 Å². The molecule has 0 saturated heterocycles. The molecule has 1 aromatic rings. The number of hydrogen-bond donors (Lipinski definition) is 1. The van der Waals surface area contributed by atoms with Crippen LogP contribution in [-0.2, 0) is 6.54 Å². The summed E-state index contributed by atoms with van der Waals surface area (Å²) in [6, 6.07) is 3.95. The lowest BCUT2D eigenvalue weighted by atomic mass is 10.3. The Labute approximate surface area is 77.0 Å². The minimum atomic E-state index is 0. The number of halogens is 1. The van der Waals surface area contributed by atoms with Gasteiger partial charge in [0.15, 0.2) is 0 Å². The van der Waals surface area contributed by atoms with Gasteiger partial charge in [0.1, 0.15) is 0 Å². The van der Waals surface area contributed by atoms with Crippen LogP contribution in [0.5, 0.6) is 0 Å². The second-order valence-corrected chi connectivity index (χ2v) is 2.70. The van der Waals surface area contributed by atoms with E-state index in [2.05, 4.69) is 4.98 Å². The van der Waals surface area contributed by atoms with Crippen molar-refractivity contribution in [2.24, 2.45) is 5.73 Å². The first-order valence-electron chi connectivity index (χ1n) is 3.06. The number of hydrogen-bond acceptors (Lipinski definition) is 3. The van der Waals surface area contributed by atoms with Crippen molar-refractivity contribution in [3.8, 4) is 0 Å². The fraction of sp³-hybridized carbons (Fsp3) is 0.286. The van der Waals surface area contributed by atoms with Gasteiger partial charge in [0.05, 0.1) is 5.69 Å². The lowest BCUT2D eigenvalue weighted by molar-refractivity contribution is 0.945. The molecule has 4 heteroatoms. The smallest absolute Gasteiger partial charge is 0.0674 e. The highest BCUT2D eigenvalue weighted by Crippen LogP contribution is 2.16. The highest BCUT2D eigenvalue weighted by molar-refractivity contribution is 7.98. The maximum atomic E-state index is 5.45. The third kappa shape index (κ3) is 2.69. The number of nitrogens with zero attached hydrogens (tertiary/aromatic N) is 1. The first-order valence-corrected chi connectivity index (χ1v) is 4.29. The Morgan fingerprint density at radius 2 is 2.36 bits per heavy atom. The van der Waals surface area contributed by atoms with E-state index in [1.54, 1.807) is 18.0 Å². The average molecular weight is 191 g/mol. The van der Waals surface area contributed by atoms with Gasteiger partial charge in [-0.1, -0.05) is 0 Å². The Balaban J connectivity index is 0.000001000. The quantitative estimate of drug-likeness (QED) is 0.722. The second kappa shape index (κ2) is 5.41. The van der Waals surface area contributed by atoms with Gasteiger partial charge in [-0.3, -0.25) is 4.98 Å². The van der Waals surface area contributed by atoms with Crippen molar-refractivity contribution in [1.82, 2.24) is 4.98 Å². The van der Waals surface area contributed by atoms with Crippen molar-refractivity contribution in [3.63, 3.8) is 0 Å². The summed E-state index contributed by atoms with van der Waals surface area (Å²) in [7, 11) is 0. The summed E-state index contributed by atoms with van der Waals surface area (Å²) in [4.78, 5) is 5.29. The first-order chi connectivity index (χ1) is 4.88. The van der Waals surface area contributed by atoms with E-state index >= 15 is 0 Å². The average Bonchev–Trinajstić information content (AvgIpc) is 2.04. The summed E-state index contributed by atoms with van der Waals surface area (Å²) in [6.07, 6.45) is 3.79. The van der Waals surface area contributed by atoms with Crippen LogP contribution in [0.4, 0.5) is 0 Å². The second-order valence-electron chi connectivity index (χ2n) is 1.86. The van der Waals surface area contributed by atoms with Crippen molar-refractivity contribution in [1.29, 1.82) is 0 Å². The highest BCUT2D eigenvalue weighted by atomic mass is 35.5. The third-order valence-corrected chi connectivity index (χ3v) is 2.07. The Morgan fingerprint density at radius 1 is 1.64 bits per heavy atom. The van der Waals surface area contributed by atoms with Gasteiger partial charge in [-0.15, -0.1) is 24.2 Å². The topological polar surface area (TPSA) is 38.9 Å². The number of pyridine rings is 1. The van der Waals surface area contributed by atoms with Crippen LogP contribution in [0.25, 0.3) is 0 Å². The summed E-state index contributed by atoms with van der Waals surface area (Å²) in [6.45, 7) is 0.525. The first kappa shape index (κ1) is 10.8. The summed E-state index contributed by atoms with van der Waals surface area (Å²) in [5, 5.41) is 0. The molecule has 2 N–H and O–H groups in total. The van der Waals surface area contributed by atoms with Crippen LogP contribution in [0.15, 0.2) is 23.2 Å². The molecule has 1 rings (SSSR count). The van der Waals surface area contributed by atoms with Crippen molar-refractivity contribution in [3.05, 3.63) is 24.0 Å². The van der Waals surface area contributed by atoms with Crippen molar-refractivity contribution < 1.29 is 0 Å². The van der Waals surface area contributed by atoms with Gasteiger partial charge in [-0.05, 0) is 18.4 Å². The SMILES string of the molecule is CSc1cccnc1CN.Cl. The van der Waals surface area contributed by atoms with Crippen LogP contribution >= 0.6 is 24.2 Å². The van der Waals surface area contributed by atoms with Gasteiger partial charge in [0, 0.05) is 17.6 Å². The molecule has 0 aliphatic rings. The number of rotatable bonds is 2. The molecule has 0 unspecified atom stereocenters. The molecular formula is C7H11ClN2S. The third-order valence-electron chi connectivity index (χ3n) is 1.26. The standard InChI is InChI=1S/C7H10N2S.ClH/c1-10-7-3-2-4-9-6(7)5-8;/h2-4H,5,8H2,1H3;1H. The lowest BCUT2D eigenvalue weighted by Gasteiger charge is -2.00. The molecule has 0 atom stereocenters. The summed E-state index contributed by atoms with van der Waals surface area (Å²) in [5.41, 5.74) is 6.43. The van der Waals surface area contributed by atoms with Crippen LogP contribution < -0.4 is 5.73 Å². The van der Waals surface area contributed by atoms with Crippen molar-refractivity contribution >= 4 is 24.2 Å². The van der Waals surface area contributed by atoms with E-state index in [1.165, 1.54) is 4.90 Å². The highest BCUT2D eigenvalue weighted by Gasteiger charge is 1.96. The molecule has 11 heavy (non-hydrogen) atoms. The molecule has 0 saturated carbocycles. The molecule has 0 radical (unpaired) electrons. The summed E-state index contributed by atoms with van der Waals surface area (Å²) in [5.74, 6) is 0. The zero-order chi connectivity index (χ0) is 7.40. The van der Waals surface area contributed by atoms with Crippen LogP contribution in [-0.4, -0.2) is 11.2 Å². The van der Waals surface area contributed by atoms with Crippen LogP contribution in [0.1, 0.15) is 5.69 Å². The van der Waals surface area contributed by atoms with Gasteiger partial charge in [-0.25, -0.2) is 0 Å². The van der Waals surface area contributed by atoms with Crippen molar-refractivity contribution in [2.75, 3.05) is 6.26 Å². The van der Waals surface area contributed by atoms with E-state index in [9.17, 15) is 0 Å². The van der Waals surface area contributed by atoms with Crippen LogP contribution in [0, 0.1) is 0 Å². The van der Waals surface area contributed by atoms with Crippen LogP contribution in [0.3, 0.4) is 0 Å². The molecule has 0 spiro atoms. The Morgan fingerprint density at radius 3 is 2.82 bits per heavy atom. The van der Waals surface area contributed by atoms with Gasteiger partial charge in [0.25, 0.3) is 0 Å². The van der Waals surface area contributed by atoms with Gasteiger partial charge >= 0.3 is 0 Å². The maximum absolute atomic E-state index is 5.45. The molecule has 0 aromatic carbocycles. The summed E-state index contributed by atoms with van der Waals surface area (Å²) < 4.78 is 0. The van der Waals surface area contributed by atoms with E-state index in [0.717, 1.165) is 5.69 Å². The van der Waals surface area contributed by atoms with Gasteiger partial charge in [0.2, 0.25) is 0 Å². The van der Waals surface area contributed by atoms with E-state index in [1.807, 2.05) is 18.4 Å². The molecule has 62 valence electrons. The minimum Gasteiger partial charge on any atom is -0.325 e. The zero-order valence-corrected chi connectivity index (χ0v) is 7.91. The fourth-order valence-corrected chi connectivity index (χ4v) is 1.35. The monoisotopic (exact) mass is 190 g/mol. The van der Waals surface area contributed by atoms with Gasteiger partial charge in [-0.2, -0.15) is 0 Å². The predicted molar refractivity (Wildman–Crippen MR) is 51.2 cm³/mol. The minimum absolute atomic E-state index is 0. The molecule has 0 aliphatic heterocycles. The molecule has 2 nitrogen and oxygen atoms in total. The van der Waals surface area contributed by atoms with E-state index < -0.39 is 0 Å². The number of nitrogens with two attached hydrogens (primary N) is 1. The normalized spacial score (nSPS) is 8.91. The molecular weight excluding hydrogens is 180 g/mol. The van der Waals surface area contributed by atoms with Crippen molar-refractivity contribution in [2.45, 2.75) is 11.4 Å². The van der Waals surface area contributed by atoms with E-state index in [-0.39, 0.29) is 12.4 Å². The Bertz CT molecular complexity index is 194. The summed E-state index contributed by atoms with van der Waals surface area (Å²) >= 11 is 1.68. The molecule has 0 fully saturated rings. The lowest BCUT2D eigenvalue weighted by Crippen LogP contribution is -2.00. The maximum Gasteiger partial charge on any atom is 0.0674 e. The fourth-order valence-electron chi connectivity index (χ4n) is 0.762. The Kier molecular flexibility index (Phi) is 5.28. The molecule has 1 aromatic heterocycles. The van der Waals surface area contributed by atoms with E-state index in [0.29, 0.717) is 6.54 Å². The zero-order valence-electron chi connectivity index (χ0n) is 6.28. The molecule has 0 amide bonds. The largest absolute Gasteiger partial charge is 0.325 e. The number of thioether (sulfide) groups is 1. The number of aromatic nitrogens is 1. The molecule has 0 bridgehead atoms.